The van der Waals surface area contributed by atoms with E-state index in [1.165, 1.54) is 0 Å². The van der Waals surface area contributed by atoms with E-state index in [1.54, 1.807) is 18.2 Å². The van der Waals surface area contributed by atoms with Crippen LogP contribution in [0.25, 0.3) is 0 Å². The van der Waals surface area contributed by atoms with E-state index in [2.05, 4.69) is 15.4 Å². The van der Waals surface area contributed by atoms with Crippen molar-refractivity contribution < 1.29 is 24.2 Å². The molecular weight excluding hydrogens is 414 g/mol. The number of aliphatic carboxylic acids is 1. The summed E-state index contributed by atoms with van der Waals surface area (Å²) < 4.78 is 5.06. The quantitative estimate of drug-likeness (QED) is 0.494. The van der Waals surface area contributed by atoms with E-state index in [1.807, 2.05) is 22.6 Å². The lowest BCUT2D eigenvalue weighted by atomic mass is 10.2. The molecule has 3 N–H and O–H groups in total. The Morgan fingerprint density at radius 1 is 1.43 bits per heavy atom. The van der Waals surface area contributed by atoms with Crippen LogP contribution in [0.3, 0.4) is 0 Å². The molecule has 114 valence electrons. The van der Waals surface area contributed by atoms with Gasteiger partial charge in [0.05, 0.1) is 19.2 Å². The zero-order chi connectivity index (χ0) is 16.0. The van der Waals surface area contributed by atoms with Gasteiger partial charge < -0.3 is 20.5 Å². The third kappa shape index (κ3) is 5.76. The number of esters is 1. The Labute approximate surface area is 139 Å². The summed E-state index contributed by atoms with van der Waals surface area (Å²) in [7, 11) is 1.14. The Bertz CT molecular complexity index is 567. The van der Waals surface area contributed by atoms with Gasteiger partial charge in [-0.05, 0) is 40.8 Å². The standard InChI is InChI=1S/C12H12ClIN2O5/c1-21-10(17)5-9(11(18)19)16-12(20)15-8-3-2-6(13)4-7(8)14/h2-4,9H,5H2,1H3,(H,18,19)(H2,15,16,20)/t9-/m0/s1. The minimum Gasteiger partial charge on any atom is -0.480 e. The van der Waals surface area contributed by atoms with Crippen LogP contribution in [-0.2, 0) is 14.3 Å². The van der Waals surface area contributed by atoms with Crippen molar-refractivity contribution in [3.63, 3.8) is 0 Å². The van der Waals surface area contributed by atoms with Crippen LogP contribution in [0, 0.1) is 3.57 Å². The minimum absolute atomic E-state index is 0.461. The monoisotopic (exact) mass is 426 g/mol. The van der Waals surface area contributed by atoms with Crippen molar-refractivity contribution in [3.8, 4) is 0 Å². The maximum absolute atomic E-state index is 11.8. The molecule has 21 heavy (non-hydrogen) atoms. The number of ether oxygens (including phenoxy) is 1. The van der Waals surface area contributed by atoms with Crippen LogP contribution in [0.1, 0.15) is 6.42 Å². The van der Waals surface area contributed by atoms with Crippen LogP contribution in [-0.4, -0.2) is 36.2 Å². The first-order valence-corrected chi connectivity index (χ1v) is 7.11. The van der Waals surface area contributed by atoms with E-state index in [4.69, 9.17) is 16.7 Å². The predicted octanol–water partition coefficient (Wildman–Crippen LogP) is 2.08. The van der Waals surface area contributed by atoms with E-state index >= 15 is 0 Å². The second-order valence-corrected chi connectivity index (χ2v) is 5.49. The maximum Gasteiger partial charge on any atom is 0.326 e. The van der Waals surface area contributed by atoms with Crippen molar-refractivity contribution in [1.82, 2.24) is 5.32 Å². The van der Waals surface area contributed by atoms with Crippen LogP contribution in [0.5, 0.6) is 0 Å². The first-order valence-electron chi connectivity index (χ1n) is 5.65. The molecule has 2 amide bonds. The van der Waals surface area contributed by atoms with Gasteiger partial charge >= 0.3 is 18.0 Å². The number of urea groups is 1. The maximum atomic E-state index is 11.8. The summed E-state index contributed by atoms with van der Waals surface area (Å²) in [6.07, 6.45) is -0.461. The fourth-order valence-corrected chi connectivity index (χ4v) is 2.36. The van der Waals surface area contributed by atoms with Gasteiger partial charge in [0.15, 0.2) is 0 Å². The number of anilines is 1. The van der Waals surface area contributed by atoms with Crippen LogP contribution >= 0.6 is 34.2 Å². The SMILES string of the molecule is COC(=O)C[C@H](NC(=O)Nc1ccc(Cl)cc1I)C(=O)O. The molecule has 1 aromatic carbocycles. The van der Waals surface area contributed by atoms with Gasteiger partial charge in [-0.3, -0.25) is 4.79 Å². The van der Waals surface area contributed by atoms with Crippen molar-refractivity contribution in [2.24, 2.45) is 0 Å². The first kappa shape index (κ1) is 17.5. The number of hydrogen-bond donors (Lipinski definition) is 3. The lowest BCUT2D eigenvalue weighted by Gasteiger charge is -2.14. The van der Waals surface area contributed by atoms with Crippen molar-refractivity contribution in [1.29, 1.82) is 0 Å². The molecule has 0 saturated carbocycles. The zero-order valence-corrected chi connectivity index (χ0v) is 13.8. The van der Waals surface area contributed by atoms with Gasteiger partial charge in [-0.25, -0.2) is 9.59 Å². The Hall–Kier alpha value is -1.55. The third-order valence-corrected chi connectivity index (χ3v) is 3.51. The van der Waals surface area contributed by atoms with Crippen LogP contribution in [0.2, 0.25) is 5.02 Å². The molecule has 0 radical (unpaired) electrons. The summed E-state index contributed by atoms with van der Waals surface area (Å²) in [5, 5.41) is 14.1. The number of nitrogens with one attached hydrogen (secondary N) is 2. The molecule has 9 heteroatoms. The van der Waals surface area contributed by atoms with Crippen molar-refractivity contribution >= 4 is 57.8 Å². The Balaban J connectivity index is 2.69. The second kappa shape index (κ2) is 8.03. The lowest BCUT2D eigenvalue weighted by Crippen LogP contribution is -2.44. The smallest absolute Gasteiger partial charge is 0.326 e. The highest BCUT2D eigenvalue weighted by Gasteiger charge is 2.23. The molecule has 7 nitrogen and oxygen atoms in total. The summed E-state index contributed by atoms with van der Waals surface area (Å²) in [6, 6.07) is 2.69. The van der Waals surface area contributed by atoms with Gasteiger partial charge in [-0.1, -0.05) is 11.6 Å². The number of benzene rings is 1. The molecule has 1 aromatic rings. The Kier molecular flexibility index (Phi) is 6.69. The first-order chi connectivity index (χ1) is 9.83. The van der Waals surface area contributed by atoms with Crippen LogP contribution < -0.4 is 10.6 Å². The topological polar surface area (TPSA) is 105 Å². The number of carboxylic acid groups (broad SMARTS) is 1. The second-order valence-electron chi connectivity index (χ2n) is 3.89. The van der Waals surface area contributed by atoms with Gasteiger partial charge in [0.25, 0.3) is 0 Å². The summed E-state index contributed by atoms with van der Waals surface area (Å²) in [5.41, 5.74) is 0.472. The summed E-state index contributed by atoms with van der Waals surface area (Å²) >= 11 is 7.77. The molecule has 0 fully saturated rings. The molecule has 0 heterocycles. The molecule has 1 rings (SSSR count). The van der Waals surface area contributed by atoms with Gasteiger partial charge in [-0.2, -0.15) is 0 Å². The number of halogens is 2. The highest BCUT2D eigenvalue weighted by Crippen LogP contribution is 2.22. The van der Waals surface area contributed by atoms with Gasteiger partial charge in [0.2, 0.25) is 0 Å². The largest absolute Gasteiger partial charge is 0.480 e. The molecular formula is C12H12ClIN2O5. The molecule has 0 aliphatic heterocycles. The van der Waals surface area contributed by atoms with Gasteiger partial charge in [0.1, 0.15) is 6.04 Å². The molecule has 0 spiro atoms. The number of rotatable bonds is 5. The third-order valence-electron chi connectivity index (χ3n) is 2.38. The fraction of sp³-hybridized carbons (Fsp3) is 0.250. The van der Waals surface area contributed by atoms with E-state index in [0.717, 1.165) is 7.11 Å². The lowest BCUT2D eigenvalue weighted by molar-refractivity contribution is -0.147. The number of carbonyl (C=O) groups is 3. The van der Waals surface area contributed by atoms with E-state index in [0.29, 0.717) is 14.3 Å². The normalized spacial score (nSPS) is 11.4. The number of amides is 2. The van der Waals surface area contributed by atoms with Crippen LogP contribution in [0.15, 0.2) is 18.2 Å². The van der Waals surface area contributed by atoms with E-state index < -0.39 is 30.4 Å². The van der Waals surface area contributed by atoms with E-state index in [-0.39, 0.29) is 0 Å². The average molecular weight is 427 g/mol. The number of carboxylic acids is 1. The predicted molar refractivity (Wildman–Crippen MR) is 84.4 cm³/mol. The van der Waals surface area contributed by atoms with Crippen LogP contribution in [0.4, 0.5) is 10.5 Å². The summed E-state index contributed by atoms with van der Waals surface area (Å²) in [6.45, 7) is 0. The number of hydrogen-bond acceptors (Lipinski definition) is 4. The van der Waals surface area contributed by atoms with Crippen molar-refractivity contribution in [2.45, 2.75) is 12.5 Å². The van der Waals surface area contributed by atoms with Crippen molar-refractivity contribution in [3.05, 3.63) is 26.8 Å². The summed E-state index contributed by atoms with van der Waals surface area (Å²) in [4.78, 5) is 33.8. The molecule has 0 aromatic heterocycles. The highest BCUT2D eigenvalue weighted by atomic mass is 127. The molecule has 0 unspecified atom stereocenters. The summed E-state index contributed by atoms with van der Waals surface area (Å²) in [5.74, 6) is -2.06. The molecule has 0 saturated heterocycles. The zero-order valence-electron chi connectivity index (χ0n) is 10.9. The Morgan fingerprint density at radius 2 is 2.10 bits per heavy atom. The highest BCUT2D eigenvalue weighted by molar-refractivity contribution is 14.1. The van der Waals surface area contributed by atoms with Gasteiger partial charge in [-0.15, -0.1) is 0 Å². The minimum atomic E-state index is -1.37. The number of carbonyl (C=O) groups excluding carboxylic acids is 2. The number of methoxy groups -OCH3 is 1. The molecule has 0 aliphatic rings. The molecule has 1 atom stereocenters. The molecule has 0 bridgehead atoms. The fourth-order valence-electron chi connectivity index (χ4n) is 1.36. The Morgan fingerprint density at radius 3 is 2.62 bits per heavy atom. The average Bonchev–Trinajstić information content (AvgIpc) is 2.40. The van der Waals surface area contributed by atoms with Crippen molar-refractivity contribution in [2.75, 3.05) is 12.4 Å². The molecule has 0 aliphatic carbocycles. The van der Waals surface area contributed by atoms with Gasteiger partial charge in [0, 0.05) is 8.59 Å². The van der Waals surface area contributed by atoms with E-state index in [9.17, 15) is 14.4 Å².